The molecular weight excluding hydrogens is 308 g/mol. The Bertz CT molecular complexity index is 514. The first-order chi connectivity index (χ1) is 11.6. The SMILES string of the molecule is C=CC=C.C=CCOC(=C)c1ccccc1C(=O)OCCO.CO. The van der Waals surface area contributed by atoms with Gasteiger partial charge in [-0.3, -0.25) is 0 Å². The van der Waals surface area contributed by atoms with E-state index in [-0.39, 0.29) is 13.2 Å². The van der Waals surface area contributed by atoms with Crippen molar-refractivity contribution in [2.45, 2.75) is 0 Å². The largest absolute Gasteiger partial charge is 0.490 e. The molecule has 0 amide bonds. The molecular formula is C19H26O5. The molecule has 0 aromatic heterocycles. The molecule has 5 heteroatoms. The van der Waals surface area contributed by atoms with Gasteiger partial charge in [0, 0.05) is 12.7 Å². The van der Waals surface area contributed by atoms with Crippen LogP contribution in [-0.2, 0) is 9.47 Å². The van der Waals surface area contributed by atoms with Crippen molar-refractivity contribution in [2.24, 2.45) is 0 Å². The highest BCUT2D eigenvalue weighted by molar-refractivity contribution is 5.94. The maximum atomic E-state index is 11.8. The highest BCUT2D eigenvalue weighted by Gasteiger charge is 2.14. The Kier molecular flexibility index (Phi) is 16.5. The topological polar surface area (TPSA) is 76.0 Å². The molecule has 0 radical (unpaired) electrons. The molecule has 0 spiro atoms. The third-order valence-corrected chi connectivity index (χ3v) is 2.31. The van der Waals surface area contributed by atoms with Crippen molar-refractivity contribution >= 4 is 11.7 Å². The fourth-order valence-corrected chi connectivity index (χ4v) is 1.36. The van der Waals surface area contributed by atoms with Crippen LogP contribution in [0.4, 0.5) is 0 Å². The van der Waals surface area contributed by atoms with Gasteiger partial charge < -0.3 is 19.7 Å². The number of benzene rings is 1. The average Bonchev–Trinajstić information content (AvgIpc) is 2.65. The van der Waals surface area contributed by atoms with Gasteiger partial charge in [-0.2, -0.15) is 0 Å². The zero-order valence-corrected chi connectivity index (χ0v) is 14.1. The molecule has 5 nitrogen and oxygen atoms in total. The number of carbonyl (C=O) groups excluding carboxylic acids is 1. The summed E-state index contributed by atoms with van der Waals surface area (Å²) in [4.78, 5) is 11.8. The maximum Gasteiger partial charge on any atom is 0.338 e. The molecule has 0 heterocycles. The van der Waals surface area contributed by atoms with Gasteiger partial charge in [-0.15, -0.1) is 0 Å². The molecule has 0 aliphatic carbocycles. The molecule has 1 aromatic carbocycles. The second-order valence-corrected chi connectivity index (χ2v) is 3.90. The Morgan fingerprint density at radius 2 is 1.62 bits per heavy atom. The molecule has 1 rings (SSSR count). The van der Waals surface area contributed by atoms with Crippen LogP contribution in [0, 0.1) is 0 Å². The van der Waals surface area contributed by atoms with Crippen molar-refractivity contribution in [3.05, 3.63) is 79.9 Å². The Hall–Kier alpha value is -2.63. The Balaban J connectivity index is 0. The van der Waals surface area contributed by atoms with E-state index < -0.39 is 5.97 Å². The smallest absolute Gasteiger partial charge is 0.338 e. The Morgan fingerprint density at radius 3 is 2.08 bits per heavy atom. The number of hydrogen-bond acceptors (Lipinski definition) is 5. The van der Waals surface area contributed by atoms with Crippen LogP contribution >= 0.6 is 0 Å². The van der Waals surface area contributed by atoms with Crippen LogP contribution in [0.5, 0.6) is 0 Å². The number of esters is 1. The van der Waals surface area contributed by atoms with Crippen LogP contribution in [0.25, 0.3) is 5.76 Å². The van der Waals surface area contributed by atoms with E-state index in [0.29, 0.717) is 23.5 Å². The van der Waals surface area contributed by atoms with E-state index in [1.807, 2.05) is 0 Å². The summed E-state index contributed by atoms with van der Waals surface area (Å²) in [5.41, 5.74) is 0.933. The highest BCUT2D eigenvalue weighted by atomic mass is 16.5. The number of allylic oxidation sites excluding steroid dienone is 2. The molecule has 1 aromatic rings. The van der Waals surface area contributed by atoms with Crippen LogP contribution in [0.2, 0.25) is 0 Å². The number of carbonyl (C=O) groups is 1. The van der Waals surface area contributed by atoms with Crippen molar-refractivity contribution < 1.29 is 24.5 Å². The minimum Gasteiger partial charge on any atom is -0.490 e. The van der Waals surface area contributed by atoms with Gasteiger partial charge >= 0.3 is 5.97 Å². The van der Waals surface area contributed by atoms with Gasteiger partial charge in [-0.1, -0.05) is 62.7 Å². The van der Waals surface area contributed by atoms with E-state index in [9.17, 15) is 4.79 Å². The lowest BCUT2D eigenvalue weighted by Gasteiger charge is -2.11. The first-order valence-electron chi connectivity index (χ1n) is 7.10. The molecule has 0 saturated carbocycles. The Labute approximate surface area is 143 Å². The van der Waals surface area contributed by atoms with Crippen LogP contribution in [-0.4, -0.2) is 43.1 Å². The maximum absolute atomic E-state index is 11.8. The molecule has 0 aliphatic heterocycles. The molecule has 24 heavy (non-hydrogen) atoms. The summed E-state index contributed by atoms with van der Waals surface area (Å²) in [6.07, 6.45) is 4.87. The predicted molar refractivity (Wildman–Crippen MR) is 97.5 cm³/mol. The molecule has 0 atom stereocenters. The summed E-state index contributed by atoms with van der Waals surface area (Å²) in [6.45, 7) is 14.1. The third-order valence-electron chi connectivity index (χ3n) is 2.31. The Morgan fingerprint density at radius 1 is 1.08 bits per heavy atom. The van der Waals surface area contributed by atoms with Gasteiger partial charge in [0.25, 0.3) is 0 Å². The lowest BCUT2D eigenvalue weighted by atomic mass is 10.1. The third kappa shape index (κ3) is 10.2. The molecule has 0 saturated heterocycles. The van der Waals surface area contributed by atoms with Crippen LogP contribution in [0.1, 0.15) is 15.9 Å². The number of aliphatic hydroxyl groups is 2. The highest BCUT2D eigenvalue weighted by Crippen LogP contribution is 2.19. The van der Waals surface area contributed by atoms with Gasteiger partial charge in [0.2, 0.25) is 0 Å². The monoisotopic (exact) mass is 334 g/mol. The number of hydrogen-bond donors (Lipinski definition) is 2. The number of rotatable bonds is 8. The van der Waals surface area contributed by atoms with E-state index in [2.05, 4.69) is 26.3 Å². The number of ether oxygens (including phenoxy) is 2. The van der Waals surface area contributed by atoms with E-state index in [1.165, 1.54) is 0 Å². The van der Waals surface area contributed by atoms with Gasteiger partial charge in [0.1, 0.15) is 19.0 Å². The lowest BCUT2D eigenvalue weighted by Crippen LogP contribution is -2.11. The van der Waals surface area contributed by atoms with Gasteiger partial charge in [-0.05, 0) is 6.07 Å². The summed E-state index contributed by atoms with van der Waals surface area (Å²) in [5, 5.41) is 15.6. The molecule has 0 bridgehead atoms. The van der Waals surface area contributed by atoms with Gasteiger partial charge in [-0.25, -0.2) is 4.79 Å². The molecule has 2 N–H and O–H groups in total. The number of aliphatic hydroxyl groups excluding tert-OH is 2. The second-order valence-electron chi connectivity index (χ2n) is 3.90. The normalized spacial score (nSPS) is 8.29. The van der Waals surface area contributed by atoms with Crippen LogP contribution in [0.3, 0.4) is 0 Å². The first kappa shape index (κ1) is 23.6. The van der Waals surface area contributed by atoms with Gasteiger partial charge in [0.15, 0.2) is 0 Å². The molecule has 132 valence electrons. The molecule has 0 fully saturated rings. The van der Waals surface area contributed by atoms with E-state index >= 15 is 0 Å². The van der Waals surface area contributed by atoms with Crippen molar-refractivity contribution in [3.8, 4) is 0 Å². The summed E-state index contributed by atoms with van der Waals surface area (Å²) in [5.74, 6) is -0.130. The fourth-order valence-electron chi connectivity index (χ4n) is 1.36. The van der Waals surface area contributed by atoms with E-state index in [0.717, 1.165) is 7.11 Å². The summed E-state index contributed by atoms with van der Waals surface area (Å²) < 4.78 is 10.2. The van der Waals surface area contributed by atoms with Crippen molar-refractivity contribution in [1.82, 2.24) is 0 Å². The second kappa shape index (κ2) is 16.7. The quantitative estimate of drug-likeness (QED) is 0.331. The standard InChI is InChI=1S/C14H16O4.C4H6.CH4O/c1-3-9-17-11(2)12-6-4-5-7-13(12)14(16)18-10-8-15;1-3-4-2;1-2/h3-7,15H,1-2,8-10H2;3-4H,1-2H2;2H,1H3. The first-order valence-corrected chi connectivity index (χ1v) is 7.10. The van der Waals surface area contributed by atoms with E-state index in [1.54, 1.807) is 42.5 Å². The van der Waals surface area contributed by atoms with E-state index in [4.69, 9.17) is 19.7 Å². The minimum absolute atomic E-state index is 0.0346. The zero-order valence-electron chi connectivity index (χ0n) is 14.1. The fraction of sp³-hybridized carbons (Fsp3) is 0.211. The minimum atomic E-state index is -0.511. The van der Waals surface area contributed by atoms with Crippen LogP contribution < -0.4 is 0 Å². The predicted octanol–water partition coefficient (Wildman–Crippen LogP) is 2.98. The molecule has 0 unspecified atom stereocenters. The van der Waals surface area contributed by atoms with Gasteiger partial charge in [0.05, 0.1) is 12.2 Å². The van der Waals surface area contributed by atoms with Crippen molar-refractivity contribution in [1.29, 1.82) is 0 Å². The summed E-state index contributed by atoms with van der Waals surface area (Å²) >= 11 is 0. The van der Waals surface area contributed by atoms with Crippen molar-refractivity contribution in [3.63, 3.8) is 0 Å². The summed E-state index contributed by atoms with van der Waals surface area (Å²) in [6, 6.07) is 6.85. The summed E-state index contributed by atoms with van der Waals surface area (Å²) in [7, 11) is 1.00. The molecule has 0 aliphatic rings. The van der Waals surface area contributed by atoms with Crippen molar-refractivity contribution in [2.75, 3.05) is 26.9 Å². The zero-order chi connectivity index (χ0) is 18.8. The lowest BCUT2D eigenvalue weighted by molar-refractivity contribution is 0.0433. The van der Waals surface area contributed by atoms with Crippen LogP contribution in [0.15, 0.2) is 68.8 Å². The average molecular weight is 334 g/mol.